The van der Waals surface area contributed by atoms with E-state index in [4.69, 9.17) is 5.73 Å². The first-order valence-electron chi connectivity index (χ1n) is 9.84. The van der Waals surface area contributed by atoms with E-state index in [0.29, 0.717) is 18.5 Å². The van der Waals surface area contributed by atoms with Crippen molar-refractivity contribution in [3.05, 3.63) is 35.7 Å². The number of carbonyl (C=O) groups is 2. The summed E-state index contributed by atoms with van der Waals surface area (Å²) in [5.41, 5.74) is 8.42. The number of allylic oxidation sites excluding steroid dienone is 2. The molecule has 0 spiro atoms. The highest BCUT2D eigenvalue weighted by Gasteiger charge is 2.25. The maximum absolute atomic E-state index is 13.2. The van der Waals surface area contributed by atoms with Crippen molar-refractivity contribution < 1.29 is 13.5 Å². The van der Waals surface area contributed by atoms with Crippen molar-refractivity contribution >= 4 is 46.6 Å². The van der Waals surface area contributed by atoms with E-state index in [2.05, 4.69) is 27.6 Å². The molecule has 0 fully saturated rings. The van der Waals surface area contributed by atoms with E-state index in [1.807, 2.05) is 13.8 Å². The zero-order chi connectivity index (χ0) is 21.7. The second-order valence-electron chi connectivity index (χ2n) is 7.13. The minimum absolute atomic E-state index is 0.134. The summed E-state index contributed by atoms with van der Waals surface area (Å²) in [6.45, 7) is 4.89. The lowest BCUT2D eigenvalue weighted by atomic mass is 9.98. The first-order chi connectivity index (χ1) is 14.5. The van der Waals surface area contributed by atoms with Gasteiger partial charge in [-0.2, -0.15) is 9.19 Å². The smallest absolute Gasteiger partial charge is 0.314 e. The zero-order valence-electron chi connectivity index (χ0n) is 17.0. The van der Waals surface area contributed by atoms with Gasteiger partial charge in [-0.3, -0.25) is 9.59 Å². The number of halogens is 1. The summed E-state index contributed by atoms with van der Waals surface area (Å²) in [5.74, 6) is -1.30. The summed E-state index contributed by atoms with van der Waals surface area (Å²) < 4.78 is 14.2. The van der Waals surface area contributed by atoms with Crippen molar-refractivity contribution in [2.45, 2.75) is 39.5 Å². The summed E-state index contributed by atoms with van der Waals surface area (Å²) in [4.78, 5) is 31.3. The molecule has 2 amide bonds. The van der Waals surface area contributed by atoms with Gasteiger partial charge in [0.2, 0.25) is 0 Å². The number of anilines is 2. The van der Waals surface area contributed by atoms with Crippen molar-refractivity contribution in [1.82, 2.24) is 19.1 Å². The molecule has 8 nitrogen and oxygen atoms in total. The Labute approximate surface area is 178 Å². The van der Waals surface area contributed by atoms with E-state index in [-0.39, 0.29) is 29.4 Å². The molecule has 0 saturated carbocycles. The fourth-order valence-electron chi connectivity index (χ4n) is 3.34. The van der Waals surface area contributed by atoms with Gasteiger partial charge >= 0.3 is 11.8 Å². The van der Waals surface area contributed by atoms with Gasteiger partial charge in [-0.1, -0.05) is 31.1 Å². The summed E-state index contributed by atoms with van der Waals surface area (Å²) in [5, 5.41) is 6.82. The number of aromatic nitrogens is 3. The van der Waals surface area contributed by atoms with Crippen LogP contribution in [0, 0.1) is 0 Å². The van der Waals surface area contributed by atoms with Crippen LogP contribution in [0.15, 0.2) is 35.7 Å². The molecule has 30 heavy (non-hydrogen) atoms. The van der Waals surface area contributed by atoms with E-state index in [0.717, 1.165) is 40.9 Å². The van der Waals surface area contributed by atoms with Crippen molar-refractivity contribution in [1.29, 1.82) is 0 Å². The SMILES string of the molecule is CCCCN(CC1=CCCC=C1C)C(=O)C(=O)Nc1cnc(N)c2cnn(SF)c12. The Morgan fingerprint density at radius 2 is 2.10 bits per heavy atom. The second kappa shape index (κ2) is 9.75. The van der Waals surface area contributed by atoms with Crippen LogP contribution in [0.25, 0.3) is 10.9 Å². The lowest BCUT2D eigenvalue weighted by Gasteiger charge is -2.25. The van der Waals surface area contributed by atoms with Crippen LogP contribution >= 0.6 is 12.3 Å². The molecule has 10 heteroatoms. The molecule has 2 aromatic rings. The van der Waals surface area contributed by atoms with Crippen LogP contribution < -0.4 is 11.1 Å². The normalized spacial score (nSPS) is 13.7. The van der Waals surface area contributed by atoms with Gasteiger partial charge in [-0.15, -0.1) is 3.89 Å². The third-order valence-electron chi connectivity index (χ3n) is 5.05. The predicted octanol–water partition coefficient (Wildman–Crippen LogP) is 3.63. The average Bonchev–Trinajstić information content (AvgIpc) is 3.19. The van der Waals surface area contributed by atoms with Crippen molar-refractivity contribution in [2.75, 3.05) is 24.1 Å². The van der Waals surface area contributed by atoms with Gasteiger partial charge < -0.3 is 16.0 Å². The summed E-state index contributed by atoms with van der Waals surface area (Å²) >= 11 is -0.134. The lowest BCUT2D eigenvalue weighted by Crippen LogP contribution is -2.41. The van der Waals surface area contributed by atoms with Crippen molar-refractivity contribution in [2.24, 2.45) is 0 Å². The minimum Gasteiger partial charge on any atom is -0.383 e. The van der Waals surface area contributed by atoms with Crippen LogP contribution in [0.5, 0.6) is 0 Å². The molecule has 0 bridgehead atoms. The first-order valence-corrected chi connectivity index (χ1v) is 10.5. The molecule has 0 aromatic carbocycles. The van der Waals surface area contributed by atoms with Crippen LogP contribution in [0.1, 0.15) is 39.5 Å². The number of amides is 2. The monoisotopic (exact) mass is 432 g/mol. The topological polar surface area (TPSA) is 106 Å². The molecule has 0 radical (unpaired) electrons. The molecular formula is C20H25FN6O2S. The lowest BCUT2D eigenvalue weighted by molar-refractivity contribution is -0.142. The Balaban J connectivity index is 1.82. The maximum Gasteiger partial charge on any atom is 0.314 e. The van der Waals surface area contributed by atoms with Crippen LogP contribution in [0.2, 0.25) is 0 Å². The fraction of sp³-hybridized carbons (Fsp3) is 0.400. The summed E-state index contributed by atoms with van der Waals surface area (Å²) in [6.07, 6.45) is 10.5. The largest absolute Gasteiger partial charge is 0.383 e. The number of nitrogens with zero attached hydrogens (tertiary/aromatic N) is 4. The molecule has 0 unspecified atom stereocenters. The van der Waals surface area contributed by atoms with Crippen molar-refractivity contribution in [3.63, 3.8) is 0 Å². The average molecular weight is 433 g/mol. The number of fused-ring (bicyclic) bond motifs is 1. The van der Waals surface area contributed by atoms with Gasteiger partial charge in [0.05, 0.1) is 23.5 Å². The number of rotatable bonds is 7. The van der Waals surface area contributed by atoms with Crippen molar-refractivity contribution in [3.8, 4) is 0 Å². The molecule has 1 aliphatic rings. The van der Waals surface area contributed by atoms with Gasteiger partial charge in [-0.25, -0.2) is 4.98 Å². The van der Waals surface area contributed by atoms with Gasteiger partial charge in [0.15, 0.2) is 12.3 Å². The third-order valence-corrected chi connectivity index (χ3v) is 5.46. The predicted molar refractivity (Wildman–Crippen MR) is 117 cm³/mol. The molecule has 160 valence electrons. The third kappa shape index (κ3) is 4.64. The van der Waals surface area contributed by atoms with Crippen LogP contribution in [0.4, 0.5) is 15.4 Å². The Hall–Kier alpha value is -2.88. The Kier molecular flexibility index (Phi) is 7.09. The van der Waals surface area contributed by atoms with E-state index in [9.17, 15) is 13.5 Å². The number of nitrogens with one attached hydrogen (secondary N) is 1. The molecule has 3 N–H and O–H groups in total. The molecule has 0 saturated heterocycles. The van der Waals surface area contributed by atoms with Crippen LogP contribution in [-0.4, -0.2) is 44.0 Å². The number of hydrogen-bond donors (Lipinski definition) is 2. The molecule has 2 heterocycles. The van der Waals surface area contributed by atoms with Gasteiger partial charge in [0.1, 0.15) is 11.3 Å². The van der Waals surface area contributed by atoms with E-state index in [1.54, 1.807) is 4.90 Å². The summed E-state index contributed by atoms with van der Waals surface area (Å²) in [7, 11) is 0. The standard InChI is InChI=1S/C20H25FN6O2S/c1-3-4-9-26(12-14-8-6-5-7-13(14)2)20(29)19(28)25-16-11-23-18(22)15-10-24-27(30-21)17(15)16/h7-8,10-11H,3-6,9,12H2,1-2H3,(H2,22,23)(H,25,28). The Morgan fingerprint density at radius 3 is 2.80 bits per heavy atom. The molecular weight excluding hydrogens is 407 g/mol. The van der Waals surface area contributed by atoms with Gasteiger partial charge in [0.25, 0.3) is 0 Å². The van der Waals surface area contributed by atoms with E-state index < -0.39 is 11.8 Å². The second-order valence-corrected chi connectivity index (χ2v) is 7.62. The number of carbonyl (C=O) groups excluding carboxylic acids is 2. The highest BCUT2D eigenvalue weighted by atomic mass is 32.2. The molecule has 1 aliphatic carbocycles. The fourth-order valence-corrected chi connectivity index (χ4v) is 3.69. The summed E-state index contributed by atoms with van der Waals surface area (Å²) in [6, 6.07) is 0. The first kappa shape index (κ1) is 21.8. The molecule has 3 rings (SSSR count). The van der Waals surface area contributed by atoms with Gasteiger partial charge in [0, 0.05) is 13.1 Å². The Morgan fingerprint density at radius 1 is 1.33 bits per heavy atom. The molecule has 0 aliphatic heterocycles. The van der Waals surface area contributed by atoms with Crippen LogP contribution in [0.3, 0.4) is 0 Å². The maximum atomic E-state index is 13.2. The number of nitrogens with two attached hydrogens (primary N) is 1. The van der Waals surface area contributed by atoms with Gasteiger partial charge in [-0.05, 0) is 31.8 Å². The Bertz CT molecular complexity index is 1020. The van der Waals surface area contributed by atoms with Crippen LogP contribution in [-0.2, 0) is 9.59 Å². The minimum atomic E-state index is -0.811. The number of nitrogen functional groups attached to an aromatic ring is 1. The van der Waals surface area contributed by atoms with E-state index >= 15 is 0 Å². The zero-order valence-corrected chi connectivity index (χ0v) is 17.8. The number of unbranched alkanes of at least 4 members (excludes halogenated alkanes) is 1. The highest BCUT2D eigenvalue weighted by molar-refractivity contribution is 7.92. The highest BCUT2D eigenvalue weighted by Crippen LogP contribution is 2.29. The molecule has 2 aromatic heterocycles. The molecule has 0 atom stereocenters. The number of pyridine rings is 1. The quantitative estimate of drug-likeness (QED) is 0.647. The van der Waals surface area contributed by atoms with E-state index in [1.165, 1.54) is 12.4 Å². The number of hydrogen-bond acceptors (Lipinski definition) is 6.